The Kier molecular flexibility index (Phi) is 6.46. The van der Waals surface area contributed by atoms with Gasteiger partial charge in [-0.05, 0) is 56.6 Å². The molecule has 3 atom stereocenters. The first-order chi connectivity index (χ1) is 10.5. The summed E-state index contributed by atoms with van der Waals surface area (Å²) in [6.45, 7) is 10.1. The summed E-state index contributed by atoms with van der Waals surface area (Å²) in [5.41, 5.74) is 2.43. The number of likely N-dealkylation sites (tertiary alicyclic amines) is 1. The lowest BCUT2D eigenvalue weighted by atomic mass is 9.96. The number of hydrogen-bond acceptors (Lipinski definition) is 2. The van der Waals surface area contributed by atoms with E-state index in [1.165, 1.54) is 24.8 Å². The first kappa shape index (κ1) is 17.5. The van der Waals surface area contributed by atoms with E-state index in [9.17, 15) is 5.11 Å². The van der Waals surface area contributed by atoms with Crippen LogP contribution in [0.5, 0.6) is 0 Å². The minimum Gasteiger partial charge on any atom is -0.388 e. The third kappa shape index (κ3) is 4.82. The van der Waals surface area contributed by atoms with Gasteiger partial charge in [-0.15, -0.1) is 0 Å². The van der Waals surface area contributed by atoms with Crippen LogP contribution in [0.1, 0.15) is 70.6 Å². The lowest BCUT2D eigenvalue weighted by molar-refractivity contribution is 0.0748. The van der Waals surface area contributed by atoms with Crippen LogP contribution in [0.15, 0.2) is 24.3 Å². The Morgan fingerprint density at radius 2 is 1.68 bits per heavy atom. The van der Waals surface area contributed by atoms with Crippen molar-refractivity contribution in [2.24, 2.45) is 5.92 Å². The molecule has 0 aromatic heterocycles. The van der Waals surface area contributed by atoms with Gasteiger partial charge in [-0.2, -0.15) is 0 Å². The van der Waals surface area contributed by atoms with Crippen LogP contribution in [0.4, 0.5) is 0 Å². The maximum absolute atomic E-state index is 10.5. The SMILES string of the molecule is CC(C)Cc1ccc(C(O)CCN2C(C)CCCC2C)cc1. The molecule has 2 nitrogen and oxygen atoms in total. The van der Waals surface area contributed by atoms with Crippen molar-refractivity contribution in [2.75, 3.05) is 6.54 Å². The zero-order chi connectivity index (χ0) is 16.1. The largest absolute Gasteiger partial charge is 0.388 e. The van der Waals surface area contributed by atoms with Crippen molar-refractivity contribution in [3.05, 3.63) is 35.4 Å². The number of benzene rings is 1. The van der Waals surface area contributed by atoms with Crippen molar-refractivity contribution >= 4 is 0 Å². The van der Waals surface area contributed by atoms with Crippen LogP contribution < -0.4 is 0 Å². The molecule has 3 unspecified atom stereocenters. The van der Waals surface area contributed by atoms with Gasteiger partial charge in [-0.1, -0.05) is 44.5 Å². The predicted molar refractivity (Wildman–Crippen MR) is 94.0 cm³/mol. The fraction of sp³-hybridized carbons (Fsp3) is 0.700. The molecule has 0 aliphatic carbocycles. The summed E-state index contributed by atoms with van der Waals surface area (Å²) in [5.74, 6) is 0.679. The van der Waals surface area contributed by atoms with Gasteiger partial charge >= 0.3 is 0 Å². The molecule has 0 saturated carbocycles. The van der Waals surface area contributed by atoms with Gasteiger partial charge in [0.2, 0.25) is 0 Å². The minimum absolute atomic E-state index is 0.338. The fourth-order valence-corrected chi connectivity index (χ4v) is 3.70. The van der Waals surface area contributed by atoms with E-state index >= 15 is 0 Å². The van der Waals surface area contributed by atoms with Gasteiger partial charge in [0.05, 0.1) is 6.10 Å². The molecule has 0 amide bonds. The molecule has 22 heavy (non-hydrogen) atoms. The highest BCUT2D eigenvalue weighted by Gasteiger charge is 2.24. The van der Waals surface area contributed by atoms with Crippen molar-refractivity contribution in [3.8, 4) is 0 Å². The zero-order valence-electron chi connectivity index (χ0n) is 14.8. The second-order valence-electron chi connectivity index (χ2n) is 7.51. The Bertz CT molecular complexity index is 430. The molecule has 1 heterocycles. The van der Waals surface area contributed by atoms with Crippen molar-refractivity contribution in [2.45, 2.75) is 78.0 Å². The van der Waals surface area contributed by atoms with Gasteiger partial charge in [0, 0.05) is 18.6 Å². The summed E-state index contributed by atoms with van der Waals surface area (Å²) >= 11 is 0. The van der Waals surface area contributed by atoms with E-state index in [2.05, 4.69) is 56.9 Å². The van der Waals surface area contributed by atoms with Crippen LogP contribution in [0.2, 0.25) is 0 Å². The van der Waals surface area contributed by atoms with Gasteiger partial charge < -0.3 is 5.11 Å². The normalized spacial score (nSPS) is 24.6. The van der Waals surface area contributed by atoms with E-state index in [0.29, 0.717) is 18.0 Å². The standard InChI is InChI=1S/C20H33NO/c1-15(2)14-18-8-10-19(11-9-18)20(22)12-13-21-16(3)6-5-7-17(21)4/h8-11,15-17,20,22H,5-7,12-14H2,1-4H3. The quantitative estimate of drug-likeness (QED) is 0.832. The molecule has 1 fully saturated rings. The summed E-state index contributed by atoms with van der Waals surface area (Å²) in [6, 6.07) is 9.86. The molecule has 1 saturated heterocycles. The summed E-state index contributed by atoms with van der Waals surface area (Å²) in [5, 5.41) is 10.5. The maximum atomic E-state index is 10.5. The van der Waals surface area contributed by atoms with Gasteiger partial charge in [-0.25, -0.2) is 0 Å². The third-order valence-electron chi connectivity index (χ3n) is 5.05. The van der Waals surface area contributed by atoms with E-state index in [1.807, 2.05) is 0 Å². The average molecular weight is 303 g/mol. The molecule has 0 spiro atoms. The number of rotatable bonds is 6. The predicted octanol–water partition coefficient (Wildman–Crippen LogP) is 4.57. The zero-order valence-corrected chi connectivity index (χ0v) is 14.8. The number of nitrogens with zero attached hydrogens (tertiary/aromatic N) is 1. The third-order valence-corrected chi connectivity index (χ3v) is 5.05. The van der Waals surface area contributed by atoms with Crippen LogP contribution in [-0.4, -0.2) is 28.6 Å². The van der Waals surface area contributed by atoms with Crippen LogP contribution in [0, 0.1) is 5.92 Å². The molecule has 1 N–H and O–H groups in total. The smallest absolute Gasteiger partial charge is 0.0802 e. The Labute approximate surface area is 136 Å². The Hall–Kier alpha value is -0.860. The minimum atomic E-state index is -0.338. The van der Waals surface area contributed by atoms with Crippen LogP contribution in [-0.2, 0) is 6.42 Å². The lowest BCUT2D eigenvalue weighted by Gasteiger charge is -2.39. The molecule has 0 bridgehead atoms. The second kappa shape index (κ2) is 8.12. The lowest BCUT2D eigenvalue weighted by Crippen LogP contribution is -2.44. The summed E-state index contributed by atoms with van der Waals surface area (Å²) in [4.78, 5) is 2.57. The molecule has 2 heteroatoms. The summed E-state index contributed by atoms with van der Waals surface area (Å²) in [6.07, 6.45) is 5.54. The Morgan fingerprint density at radius 3 is 2.23 bits per heavy atom. The molecule has 1 aliphatic rings. The van der Waals surface area contributed by atoms with E-state index in [-0.39, 0.29) is 6.10 Å². The number of hydrogen-bond donors (Lipinski definition) is 1. The Morgan fingerprint density at radius 1 is 1.09 bits per heavy atom. The van der Waals surface area contributed by atoms with E-state index in [4.69, 9.17) is 0 Å². The number of aliphatic hydroxyl groups excluding tert-OH is 1. The molecular weight excluding hydrogens is 270 g/mol. The highest BCUT2D eigenvalue weighted by atomic mass is 16.3. The Balaban J connectivity index is 1.87. The molecule has 124 valence electrons. The molecular formula is C20H33NO. The number of aliphatic hydroxyl groups is 1. The first-order valence-corrected chi connectivity index (χ1v) is 9.00. The van der Waals surface area contributed by atoms with E-state index in [0.717, 1.165) is 24.9 Å². The van der Waals surface area contributed by atoms with Crippen LogP contribution in [0.25, 0.3) is 0 Å². The number of piperidine rings is 1. The van der Waals surface area contributed by atoms with Gasteiger partial charge in [0.15, 0.2) is 0 Å². The van der Waals surface area contributed by atoms with Crippen LogP contribution in [0.3, 0.4) is 0 Å². The van der Waals surface area contributed by atoms with Crippen molar-refractivity contribution < 1.29 is 5.11 Å². The van der Waals surface area contributed by atoms with Crippen LogP contribution >= 0.6 is 0 Å². The van der Waals surface area contributed by atoms with Crippen molar-refractivity contribution in [1.29, 1.82) is 0 Å². The van der Waals surface area contributed by atoms with Crippen molar-refractivity contribution in [1.82, 2.24) is 4.90 Å². The topological polar surface area (TPSA) is 23.5 Å². The monoisotopic (exact) mass is 303 g/mol. The average Bonchev–Trinajstić information content (AvgIpc) is 2.46. The van der Waals surface area contributed by atoms with E-state index in [1.54, 1.807) is 0 Å². The second-order valence-corrected chi connectivity index (χ2v) is 7.51. The van der Waals surface area contributed by atoms with Gasteiger partial charge in [0.1, 0.15) is 0 Å². The van der Waals surface area contributed by atoms with Gasteiger partial charge in [-0.3, -0.25) is 4.90 Å². The molecule has 1 aromatic rings. The van der Waals surface area contributed by atoms with E-state index < -0.39 is 0 Å². The summed E-state index contributed by atoms with van der Waals surface area (Å²) in [7, 11) is 0. The van der Waals surface area contributed by atoms with Gasteiger partial charge in [0.25, 0.3) is 0 Å². The molecule has 0 radical (unpaired) electrons. The molecule has 1 aliphatic heterocycles. The maximum Gasteiger partial charge on any atom is 0.0802 e. The molecule has 2 rings (SSSR count). The summed E-state index contributed by atoms with van der Waals surface area (Å²) < 4.78 is 0. The fourth-order valence-electron chi connectivity index (χ4n) is 3.70. The first-order valence-electron chi connectivity index (χ1n) is 9.00. The highest BCUT2D eigenvalue weighted by Crippen LogP contribution is 2.25. The van der Waals surface area contributed by atoms with Crippen molar-refractivity contribution in [3.63, 3.8) is 0 Å². The molecule has 1 aromatic carbocycles. The highest BCUT2D eigenvalue weighted by molar-refractivity contribution is 5.24.